The lowest BCUT2D eigenvalue weighted by Gasteiger charge is -2.23. The summed E-state index contributed by atoms with van der Waals surface area (Å²) in [5.41, 5.74) is 0. The second-order valence-corrected chi connectivity index (χ2v) is 5.90. The maximum Gasteiger partial charge on any atom is 0.470 e. The Labute approximate surface area is 112 Å². The number of hydrogen-bond donors (Lipinski definition) is 7. The van der Waals surface area contributed by atoms with Crippen LogP contribution in [-0.2, 0) is 23.0 Å². The van der Waals surface area contributed by atoms with Crippen LogP contribution in [-0.4, -0.2) is 72.2 Å². The first-order chi connectivity index (χ1) is 8.87. The van der Waals surface area contributed by atoms with E-state index in [0.29, 0.717) is 0 Å². The van der Waals surface area contributed by atoms with E-state index in [4.69, 9.17) is 29.8 Å². The van der Waals surface area contributed by atoms with Gasteiger partial charge in [0.2, 0.25) is 0 Å². The van der Waals surface area contributed by atoms with E-state index in [-0.39, 0.29) is 0 Å². The minimum Gasteiger partial charge on any atom is -0.393 e. The molecule has 0 fully saturated rings. The number of hydrogen-bond acceptors (Lipinski definition) is 8. The first-order valence-electron chi connectivity index (χ1n) is 4.82. The zero-order valence-corrected chi connectivity index (χ0v) is 11.5. The summed E-state index contributed by atoms with van der Waals surface area (Å²) in [6, 6.07) is 0. The minimum atomic E-state index is -5.23. The number of aliphatic hydroxyl groups is 3. The van der Waals surface area contributed by atoms with E-state index >= 15 is 0 Å². The third-order valence-electron chi connectivity index (χ3n) is 1.82. The van der Waals surface area contributed by atoms with Crippen LogP contribution < -0.4 is 0 Å². The van der Waals surface area contributed by atoms with Gasteiger partial charge in [0, 0.05) is 0 Å². The topological polar surface area (TPSA) is 211 Å². The van der Waals surface area contributed by atoms with Crippen LogP contribution in [0, 0.1) is 0 Å². The number of phosphoric ester groups is 2. The van der Waals surface area contributed by atoms with Gasteiger partial charge in [-0.25, -0.2) is 9.13 Å². The highest BCUT2D eigenvalue weighted by Gasteiger charge is 2.37. The smallest absolute Gasteiger partial charge is 0.393 e. The van der Waals surface area contributed by atoms with Crippen LogP contribution in [0.3, 0.4) is 0 Å². The highest BCUT2D eigenvalue weighted by Crippen LogP contribution is 2.41. The number of Topliss-reactive ketones (excluding diaryl/α,β-unsaturated/α-hetero) is 1. The molecule has 0 aromatic rings. The van der Waals surface area contributed by atoms with Crippen LogP contribution in [0.5, 0.6) is 0 Å². The van der Waals surface area contributed by atoms with Gasteiger partial charge in [-0.3, -0.25) is 13.8 Å². The Hall–Kier alpha value is -0.230. The summed E-state index contributed by atoms with van der Waals surface area (Å²) in [5.74, 6) is -1.47. The van der Waals surface area contributed by atoms with Crippen LogP contribution in [0.2, 0.25) is 0 Å². The molecule has 7 N–H and O–H groups in total. The highest BCUT2D eigenvalue weighted by molar-refractivity contribution is 7.46. The van der Waals surface area contributed by atoms with Gasteiger partial charge in [0.25, 0.3) is 0 Å². The molecule has 14 heteroatoms. The molecular weight excluding hydrogens is 326 g/mol. The Morgan fingerprint density at radius 1 is 1.05 bits per heavy atom. The number of phosphoric acid groups is 2. The fraction of sp³-hybridized carbons (Fsp3) is 0.833. The molecule has 0 saturated heterocycles. The third-order valence-corrected chi connectivity index (χ3v) is 2.86. The average molecular weight is 340 g/mol. The maximum atomic E-state index is 11.3. The second-order valence-electron chi connectivity index (χ2n) is 3.47. The van der Waals surface area contributed by atoms with Crippen molar-refractivity contribution in [2.24, 2.45) is 0 Å². The van der Waals surface area contributed by atoms with E-state index in [0.717, 1.165) is 0 Å². The molecule has 0 aliphatic rings. The molecule has 0 radical (unpaired) electrons. The SMILES string of the molecule is O=C([C@H](O)CO)[C@H](O)[C@@H](COP(=O)(O)O)OP(=O)(O)O. The lowest BCUT2D eigenvalue weighted by Crippen LogP contribution is -2.44. The molecule has 0 bridgehead atoms. The molecule has 12 nitrogen and oxygen atoms in total. The molecular formula is C6H14O12P2. The zero-order valence-electron chi connectivity index (χ0n) is 9.71. The van der Waals surface area contributed by atoms with Gasteiger partial charge < -0.3 is 34.9 Å². The Balaban J connectivity index is 4.96. The molecule has 0 aliphatic heterocycles. The summed E-state index contributed by atoms with van der Waals surface area (Å²) in [6.45, 7) is -2.34. The summed E-state index contributed by atoms with van der Waals surface area (Å²) < 4.78 is 28.9. The van der Waals surface area contributed by atoms with E-state index < -0.39 is 53.0 Å². The normalized spacial score (nSPS) is 17.6. The third kappa shape index (κ3) is 8.15. The summed E-state index contributed by atoms with van der Waals surface area (Å²) in [5, 5.41) is 26.9. The Morgan fingerprint density at radius 3 is 1.90 bits per heavy atom. The predicted molar refractivity (Wildman–Crippen MR) is 59.0 cm³/mol. The van der Waals surface area contributed by atoms with Gasteiger partial charge in [-0.2, -0.15) is 0 Å². The van der Waals surface area contributed by atoms with Crippen molar-refractivity contribution in [3.8, 4) is 0 Å². The van der Waals surface area contributed by atoms with Crippen molar-refractivity contribution in [3.05, 3.63) is 0 Å². The van der Waals surface area contributed by atoms with E-state index in [2.05, 4.69) is 9.05 Å². The van der Waals surface area contributed by atoms with Crippen molar-refractivity contribution in [3.63, 3.8) is 0 Å². The monoisotopic (exact) mass is 340 g/mol. The first kappa shape index (κ1) is 19.8. The van der Waals surface area contributed by atoms with Gasteiger partial charge in [-0.1, -0.05) is 0 Å². The van der Waals surface area contributed by atoms with Crippen LogP contribution in [0.4, 0.5) is 0 Å². The number of aliphatic hydroxyl groups excluding tert-OH is 3. The number of carbonyl (C=O) groups is 1. The molecule has 120 valence electrons. The highest BCUT2D eigenvalue weighted by atomic mass is 31.2. The van der Waals surface area contributed by atoms with Crippen molar-refractivity contribution in [1.82, 2.24) is 0 Å². The van der Waals surface area contributed by atoms with Crippen LogP contribution in [0.15, 0.2) is 0 Å². The molecule has 0 heterocycles. The number of carbonyl (C=O) groups excluding carboxylic acids is 1. The van der Waals surface area contributed by atoms with Crippen LogP contribution in [0.1, 0.15) is 0 Å². The van der Waals surface area contributed by atoms with E-state index in [1.165, 1.54) is 0 Å². The van der Waals surface area contributed by atoms with Gasteiger partial charge in [-0.05, 0) is 0 Å². The summed E-state index contributed by atoms with van der Waals surface area (Å²) in [7, 11) is -10.3. The van der Waals surface area contributed by atoms with Gasteiger partial charge >= 0.3 is 15.6 Å². The number of rotatable bonds is 9. The Morgan fingerprint density at radius 2 is 1.55 bits per heavy atom. The number of ketones is 1. The Kier molecular flexibility index (Phi) is 7.60. The quantitative estimate of drug-likeness (QED) is 0.207. The van der Waals surface area contributed by atoms with Crippen molar-refractivity contribution >= 4 is 21.4 Å². The molecule has 3 atom stereocenters. The van der Waals surface area contributed by atoms with Crippen molar-refractivity contribution < 1.29 is 57.9 Å². The molecule has 0 amide bonds. The second kappa shape index (κ2) is 7.69. The van der Waals surface area contributed by atoms with E-state index in [1.807, 2.05) is 0 Å². The molecule has 0 rings (SSSR count). The average Bonchev–Trinajstić information content (AvgIpc) is 2.29. The zero-order chi connectivity index (χ0) is 16.1. The molecule has 20 heavy (non-hydrogen) atoms. The molecule has 0 saturated carbocycles. The van der Waals surface area contributed by atoms with Gasteiger partial charge in [-0.15, -0.1) is 0 Å². The fourth-order valence-electron chi connectivity index (χ4n) is 0.996. The van der Waals surface area contributed by atoms with Crippen molar-refractivity contribution in [1.29, 1.82) is 0 Å². The minimum absolute atomic E-state index is 1.09. The maximum absolute atomic E-state index is 11.3. The molecule has 0 spiro atoms. The van der Waals surface area contributed by atoms with Gasteiger partial charge in [0.05, 0.1) is 13.2 Å². The first-order valence-corrected chi connectivity index (χ1v) is 7.88. The summed E-state index contributed by atoms with van der Waals surface area (Å²) in [6.07, 6.45) is -6.63. The fourth-order valence-corrected chi connectivity index (χ4v) is 1.87. The van der Waals surface area contributed by atoms with Gasteiger partial charge in [0.15, 0.2) is 5.78 Å². The molecule has 0 aromatic carbocycles. The van der Waals surface area contributed by atoms with Crippen molar-refractivity contribution in [2.45, 2.75) is 18.3 Å². The van der Waals surface area contributed by atoms with Crippen LogP contribution >= 0.6 is 15.6 Å². The van der Waals surface area contributed by atoms with E-state index in [9.17, 15) is 19.0 Å². The lowest BCUT2D eigenvalue weighted by molar-refractivity contribution is -0.144. The van der Waals surface area contributed by atoms with Gasteiger partial charge in [0.1, 0.15) is 18.3 Å². The van der Waals surface area contributed by atoms with Crippen molar-refractivity contribution in [2.75, 3.05) is 13.2 Å². The largest absolute Gasteiger partial charge is 0.470 e. The van der Waals surface area contributed by atoms with Crippen LogP contribution in [0.25, 0.3) is 0 Å². The standard InChI is InChI=1S/C6H14O12P2/c7-1-3(8)5(9)6(10)4(18-20(14,15)16)2-17-19(11,12)13/h3-4,6-8,10H,1-2H2,(H2,11,12,13)(H2,14,15,16)/t3-,4-,6-/m1/s1. The predicted octanol–water partition coefficient (Wildman–Crippen LogP) is -3.14. The van der Waals surface area contributed by atoms with E-state index in [1.54, 1.807) is 0 Å². The molecule has 0 aliphatic carbocycles. The molecule has 0 unspecified atom stereocenters. The lowest BCUT2D eigenvalue weighted by atomic mass is 10.1. The summed E-state index contributed by atoms with van der Waals surface area (Å²) >= 11 is 0. The summed E-state index contributed by atoms with van der Waals surface area (Å²) in [4.78, 5) is 45.2. The Bertz CT molecular complexity index is 410. The molecule has 0 aromatic heterocycles.